The van der Waals surface area contributed by atoms with E-state index in [9.17, 15) is 0 Å². The normalized spacial score (nSPS) is 12.4. The smallest absolute Gasteiger partial charge is 0.224 e. The van der Waals surface area contributed by atoms with Crippen molar-refractivity contribution >= 4 is 23.1 Å². The molecular formula is C11H13ClN4O. The number of halogens is 1. The molecule has 0 amide bonds. The summed E-state index contributed by atoms with van der Waals surface area (Å²) >= 11 is 5.71. The van der Waals surface area contributed by atoms with Crippen LogP contribution < -0.4 is 11.1 Å². The zero-order valence-corrected chi connectivity index (χ0v) is 10.3. The number of nitrogens with zero attached hydrogens (tertiary/aromatic N) is 2. The molecule has 0 spiro atoms. The predicted octanol–water partition coefficient (Wildman–Crippen LogP) is 2.79. The first-order valence-electron chi connectivity index (χ1n) is 5.17. The number of nitrogens with one attached hydrogen (secondary N) is 1. The summed E-state index contributed by atoms with van der Waals surface area (Å²) in [5, 5.41) is 3.28. The molecule has 17 heavy (non-hydrogen) atoms. The van der Waals surface area contributed by atoms with Crippen LogP contribution in [0.1, 0.15) is 24.5 Å². The predicted molar refractivity (Wildman–Crippen MR) is 66.9 cm³/mol. The molecule has 2 aromatic rings. The minimum Gasteiger partial charge on any atom is -0.464 e. The van der Waals surface area contributed by atoms with Crippen molar-refractivity contribution in [1.29, 1.82) is 0 Å². The van der Waals surface area contributed by atoms with E-state index < -0.39 is 0 Å². The van der Waals surface area contributed by atoms with E-state index in [2.05, 4.69) is 15.3 Å². The largest absolute Gasteiger partial charge is 0.464 e. The molecule has 0 fully saturated rings. The molecule has 5 nitrogen and oxygen atoms in total. The Hall–Kier alpha value is -1.75. The molecular weight excluding hydrogens is 240 g/mol. The standard InChI is InChI=1S/C11H13ClN4O/c1-6-3-4-9(17-6)7(2)15-10-8(13)5-14-11(12)16-10/h3-5,7H,13H2,1-2H3,(H,14,15,16). The quantitative estimate of drug-likeness (QED) is 0.822. The van der Waals surface area contributed by atoms with Crippen LogP contribution in [0.15, 0.2) is 22.7 Å². The number of aryl methyl sites for hydroxylation is 1. The van der Waals surface area contributed by atoms with Crippen LogP contribution >= 0.6 is 11.6 Å². The SMILES string of the molecule is Cc1ccc(C(C)Nc2nc(Cl)ncc2N)o1. The lowest BCUT2D eigenvalue weighted by atomic mass is 10.2. The summed E-state index contributed by atoms with van der Waals surface area (Å²) in [4.78, 5) is 7.81. The molecule has 2 aromatic heterocycles. The van der Waals surface area contributed by atoms with Gasteiger partial charge in [0.15, 0.2) is 5.82 Å². The zero-order chi connectivity index (χ0) is 12.4. The van der Waals surface area contributed by atoms with Crippen molar-refractivity contribution in [3.63, 3.8) is 0 Å². The summed E-state index contributed by atoms with van der Waals surface area (Å²) in [5.74, 6) is 2.19. The second-order valence-electron chi connectivity index (χ2n) is 3.76. The van der Waals surface area contributed by atoms with Gasteiger partial charge < -0.3 is 15.5 Å². The number of nitrogen functional groups attached to an aromatic ring is 1. The van der Waals surface area contributed by atoms with Crippen molar-refractivity contribution in [2.45, 2.75) is 19.9 Å². The van der Waals surface area contributed by atoms with Crippen molar-refractivity contribution < 1.29 is 4.42 Å². The van der Waals surface area contributed by atoms with Gasteiger partial charge in [-0.15, -0.1) is 0 Å². The van der Waals surface area contributed by atoms with Crippen LogP contribution in [0.4, 0.5) is 11.5 Å². The van der Waals surface area contributed by atoms with E-state index in [-0.39, 0.29) is 11.3 Å². The molecule has 0 aliphatic rings. The molecule has 0 aliphatic heterocycles. The third-order valence-electron chi connectivity index (χ3n) is 2.33. The highest BCUT2D eigenvalue weighted by atomic mass is 35.5. The van der Waals surface area contributed by atoms with Crippen molar-refractivity contribution in [3.05, 3.63) is 35.1 Å². The summed E-state index contributed by atoms with van der Waals surface area (Å²) in [7, 11) is 0. The number of nitrogens with two attached hydrogens (primary N) is 1. The van der Waals surface area contributed by atoms with Crippen molar-refractivity contribution in [2.24, 2.45) is 0 Å². The fourth-order valence-electron chi connectivity index (χ4n) is 1.45. The van der Waals surface area contributed by atoms with Crippen LogP contribution in [-0.2, 0) is 0 Å². The minimum absolute atomic E-state index is 0.0445. The van der Waals surface area contributed by atoms with Crippen LogP contribution in [-0.4, -0.2) is 9.97 Å². The first-order chi connectivity index (χ1) is 8.06. The van der Waals surface area contributed by atoms with Crippen molar-refractivity contribution in [3.8, 4) is 0 Å². The molecule has 90 valence electrons. The van der Waals surface area contributed by atoms with Gasteiger partial charge >= 0.3 is 0 Å². The number of aromatic nitrogens is 2. The molecule has 2 heterocycles. The number of hydrogen-bond donors (Lipinski definition) is 2. The van der Waals surface area contributed by atoms with Crippen LogP contribution in [0.25, 0.3) is 0 Å². The fourth-order valence-corrected chi connectivity index (χ4v) is 1.58. The number of hydrogen-bond acceptors (Lipinski definition) is 5. The van der Waals surface area contributed by atoms with Gasteiger partial charge in [-0.25, -0.2) is 4.98 Å². The molecule has 6 heteroatoms. The maximum absolute atomic E-state index is 5.74. The zero-order valence-electron chi connectivity index (χ0n) is 9.57. The van der Waals surface area contributed by atoms with Gasteiger partial charge in [0, 0.05) is 0 Å². The van der Waals surface area contributed by atoms with Gasteiger partial charge in [-0.2, -0.15) is 4.98 Å². The van der Waals surface area contributed by atoms with Gasteiger partial charge in [0.1, 0.15) is 11.5 Å². The Morgan fingerprint density at radius 2 is 2.24 bits per heavy atom. The molecule has 0 aromatic carbocycles. The van der Waals surface area contributed by atoms with Gasteiger partial charge in [-0.3, -0.25) is 0 Å². The van der Waals surface area contributed by atoms with E-state index in [0.717, 1.165) is 11.5 Å². The summed E-state index contributed by atoms with van der Waals surface area (Å²) in [6, 6.07) is 3.77. The summed E-state index contributed by atoms with van der Waals surface area (Å²) in [6.45, 7) is 3.85. The van der Waals surface area contributed by atoms with E-state index in [1.165, 1.54) is 6.20 Å². The molecule has 1 atom stereocenters. The topological polar surface area (TPSA) is 77.0 Å². The lowest BCUT2D eigenvalue weighted by Crippen LogP contribution is -2.09. The highest BCUT2D eigenvalue weighted by molar-refractivity contribution is 6.28. The minimum atomic E-state index is -0.0445. The van der Waals surface area contributed by atoms with E-state index >= 15 is 0 Å². The van der Waals surface area contributed by atoms with Crippen molar-refractivity contribution in [2.75, 3.05) is 11.1 Å². The van der Waals surface area contributed by atoms with Crippen LogP contribution in [0.3, 0.4) is 0 Å². The Bertz CT molecular complexity index is 526. The van der Waals surface area contributed by atoms with Gasteiger partial charge in [0.2, 0.25) is 5.28 Å². The lowest BCUT2D eigenvalue weighted by Gasteiger charge is -2.13. The average Bonchev–Trinajstić information content (AvgIpc) is 2.70. The Labute approximate surface area is 104 Å². The molecule has 3 N–H and O–H groups in total. The molecule has 0 saturated heterocycles. The Morgan fingerprint density at radius 3 is 2.88 bits per heavy atom. The Balaban J connectivity index is 2.18. The van der Waals surface area contributed by atoms with E-state index in [1.807, 2.05) is 26.0 Å². The van der Waals surface area contributed by atoms with Crippen LogP contribution in [0, 0.1) is 6.92 Å². The Morgan fingerprint density at radius 1 is 1.47 bits per heavy atom. The maximum atomic E-state index is 5.74. The Kier molecular flexibility index (Phi) is 3.19. The second kappa shape index (κ2) is 4.63. The van der Waals surface area contributed by atoms with Gasteiger partial charge in [-0.05, 0) is 37.6 Å². The van der Waals surface area contributed by atoms with Gasteiger partial charge in [-0.1, -0.05) is 0 Å². The molecule has 1 unspecified atom stereocenters. The second-order valence-corrected chi connectivity index (χ2v) is 4.10. The number of furan rings is 1. The molecule has 0 bridgehead atoms. The van der Waals surface area contributed by atoms with E-state index in [0.29, 0.717) is 11.5 Å². The first-order valence-corrected chi connectivity index (χ1v) is 5.55. The monoisotopic (exact) mass is 252 g/mol. The van der Waals surface area contributed by atoms with Crippen molar-refractivity contribution in [1.82, 2.24) is 9.97 Å². The highest BCUT2D eigenvalue weighted by Gasteiger charge is 2.12. The molecule has 0 aliphatic carbocycles. The lowest BCUT2D eigenvalue weighted by molar-refractivity contribution is 0.466. The number of rotatable bonds is 3. The number of anilines is 2. The first kappa shape index (κ1) is 11.7. The third kappa shape index (κ3) is 2.68. The highest BCUT2D eigenvalue weighted by Crippen LogP contribution is 2.23. The summed E-state index contributed by atoms with van der Waals surface area (Å²) in [6.07, 6.45) is 1.47. The molecule has 2 rings (SSSR count). The van der Waals surface area contributed by atoms with E-state index in [4.69, 9.17) is 21.8 Å². The summed E-state index contributed by atoms with van der Waals surface area (Å²) in [5.41, 5.74) is 6.19. The van der Waals surface area contributed by atoms with E-state index in [1.54, 1.807) is 0 Å². The maximum Gasteiger partial charge on any atom is 0.224 e. The van der Waals surface area contributed by atoms with Gasteiger partial charge in [0.25, 0.3) is 0 Å². The van der Waals surface area contributed by atoms with Gasteiger partial charge in [0.05, 0.1) is 17.9 Å². The van der Waals surface area contributed by atoms with Crippen LogP contribution in [0.5, 0.6) is 0 Å². The third-order valence-corrected chi connectivity index (χ3v) is 2.51. The average molecular weight is 253 g/mol. The summed E-state index contributed by atoms with van der Waals surface area (Å²) < 4.78 is 5.51. The van der Waals surface area contributed by atoms with Crippen LogP contribution in [0.2, 0.25) is 5.28 Å². The fraction of sp³-hybridized carbons (Fsp3) is 0.273. The molecule has 0 radical (unpaired) electrons. The molecule has 0 saturated carbocycles.